The van der Waals surface area contributed by atoms with Crippen LogP contribution in [0.2, 0.25) is 5.02 Å². The largest absolute Gasteiger partial charge is 0.335 e. The molecule has 1 unspecified atom stereocenters. The van der Waals surface area contributed by atoms with Crippen molar-refractivity contribution in [2.24, 2.45) is 0 Å². The summed E-state index contributed by atoms with van der Waals surface area (Å²) in [4.78, 5) is 24.1. The van der Waals surface area contributed by atoms with E-state index in [9.17, 15) is 19.3 Å². The standard InChI is InChI=1S/C16H14ClFN2O3/c1-10(11-4-3-5-13(8-11)20(22)23)19(2)16(21)14-7-6-12(17)9-15(14)18/h3-10H,1-2H3. The lowest BCUT2D eigenvalue weighted by Gasteiger charge is -2.25. The Labute approximate surface area is 137 Å². The first kappa shape index (κ1) is 16.9. The highest BCUT2D eigenvalue weighted by Crippen LogP contribution is 2.25. The van der Waals surface area contributed by atoms with E-state index in [1.165, 1.54) is 36.2 Å². The summed E-state index contributed by atoms with van der Waals surface area (Å²) in [5.74, 6) is -1.24. The van der Waals surface area contributed by atoms with Crippen LogP contribution in [0.4, 0.5) is 10.1 Å². The van der Waals surface area contributed by atoms with E-state index in [4.69, 9.17) is 11.6 Å². The Bertz CT molecular complexity index is 767. The minimum absolute atomic E-state index is 0.0622. The van der Waals surface area contributed by atoms with Crippen LogP contribution in [0, 0.1) is 15.9 Å². The third-order valence-electron chi connectivity index (χ3n) is 3.63. The molecule has 23 heavy (non-hydrogen) atoms. The van der Waals surface area contributed by atoms with Crippen molar-refractivity contribution in [2.45, 2.75) is 13.0 Å². The van der Waals surface area contributed by atoms with Crippen molar-refractivity contribution >= 4 is 23.2 Å². The van der Waals surface area contributed by atoms with Crippen LogP contribution in [0.25, 0.3) is 0 Å². The van der Waals surface area contributed by atoms with Crippen LogP contribution >= 0.6 is 11.6 Å². The van der Waals surface area contributed by atoms with Crippen molar-refractivity contribution in [3.63, 3.8) is 0 Å². The zero-order valence-corrected chi connectivity index (χ0v) is 13.2. The summed E-state index contributed by atoms with van der Waals surface area (Å²) in [7, 11) is 1.51. The monoisotopic (exact) mass is 336 g/mol. The maximum Gasteiger partial charge on any atom is 0.269 e. The van der Waals surface area contributed by atoms with Crippen molar-refractivity contribution < 1.29 is 14.1 Å². The van der Waals surface area contributed by atoms with Gasteiger partial charge in [0.25, 0.3) is 11.6 Å². The quantitative estimate of drug-likeness (QED) is 0.620. The van der Waals surface area contributed by atoms with Gasteiger partial charge in [0.15, 0.2) is 0 Å². The van der Waals surface area contributed by atoms with Gasteiger partial charge in [0.1, 0.15) is 5.82 Å². The molecule has 0 N–H and O–H groups in total. The first-order valence-corrected chi connectivity index (χ1v) is 7.15. The summed E-state index contributed by atoms with van der Waals surface area (Å²) < 4.78 is 13.9. The molecule has 0 bridgehead atoms. The minimum atomic E-state index is -0.708. The second-order valence-electron chi connectivity index (χ2n) is 5.07. The summed E-state index contributed by atoms with van der Waals surface area (Å²) in [6.45, 7) is 1.71. The Morgan fingerprint density at radius 3 is 2.61 bits per heavy atom. The molecule has 2 aromatic rings. The second-order valence-corrected chi connectivity index (χ2v) is 5.50. The number of carbonyl (C=O) groups is 1. The van der Waals surface area contributed by atoms with Crippen LogP contribution < -0.4 is 0 Å². The molecule has 1 atom stereocenters. The average molecular weight is 337 g/mol. The molecule has 0 fully saturated rings. The Morgan fingerprint density at radius 2 is 2.00 bits per heavy atom. The summed E-state index contributed by atoms with van der Waals surface area (Å²) >= 11 is 5.68. The molecule has 0 radical (unpaired) electrons. The number of rotatable bonds is 4. The number of hydrogen-bond acceptors (Lipinski definition) is 3. The number of amides is 1. The van der Waals surface area contributed by atoms with Crippen LogP contribution in [-0.2, 0) is 0 Å². The molecule has 0 saturated heterocycles. The maximum atomic E-state index is 13.9. The lowest BCUT2D eigenvalue weighted by molar-refractivity contribution is -0.384. The highest BCUT2D eigenvalue weighted by Gasteiger charge is 2.22. The Balaban J connectivity index is 2.28. The minimum Gasteiger partial charge on any atom is -0.335 e. The van der Waals surface area contributed by atoms with Gasteiger partial charge in [0.05, 0.1) is 16.5 Å². The van der Waals surface area contributed by atoms with Crippen LogP contribution in [0.15, 0.2) is 42.5 Å². The van der Waals surface area contributed by atoms with E-state index >= 15 is 0 Å². The number of halogens is 2. The molecule has 0 aromatic heterocycles. The molecule has 0 aliphatic heterocycles. The Hall–Kier alpha value is -2.47. The van der Waals surface area contributed by atoms with Crippen molar-refractivity contribution in [1.29, 1.82) is 0 Å². The fraction of sp³-hybridized carbons (Fsp3) is 0.188. The molecular weight excluding hydrogens is 323 g/mol. The van der Waals surface area contributed by atoms with Crippen LogP contribution in [0.3, 0.4) is 0 Å². The van der Waals surface area contributed by atoms with E-state index in [2.05, 4.69) is 0 Å². The number of carbonyl (C=O) groups excluding carboxylic acids is 1. The van der Waals surface area contributed by atoms with E-state index in [-0.39, 0.29) is 16.3 Å². The lowest BCUT2D eigenvalue weighted by Crippen LogP contribution is -2.30. The van der Waals surface area contributed by atoms with Crippen molar-refractivity contribution in [2.75, 3.05) is 7.05 Å². The van der Waals surface area contributed by atoms with Crippen LogP contribution in [0.1, 0.15) is 28.9 Å². The van der Waals surface area contributed by atoms with Gasteiger partial charge < -0.3 is 4.90 Å². The highest BCUT2D eigenvalue weighted by molar-refractivity contribution is 6.30. The molecule has 0 aliphatic rings. The van der Waals surface area contributed by atoms with E-state index in [0.717, 1.165) is 6.07 Å². The zero-order valence-electron chi connectivity index (χ0n) is 12.5. The predicted octanol–water partition coefficient (Wildman–Crippen LogP) is 4.22. The average Bonchev–Trinajstić information content (AvgIpc) is 2.53. The van der Waals surface area contributed by atoms with Gasteiger partial charge in [-0.1, -0.05) is 23.7 Å². The second kappa shape index (κ2) is 6.75. The van der Waals surface area contributed by atoms with Gasteiger partial charge in [0.2, 0.25) is 0 Å². The normalized spacial score (nSPS) is 11.8. The molecule has 120 valence electrons. The zero-order chi connectivity index (χ0) is 17.1. The summed E-state index contributed by atoms with van der Waals surface area (Å²) in [5, 5.41) is 11.0. The van der Waals surface area contributed by atoms with Gasteiger partial charge in [0, 0.05) is 24.2 Å². The predicted molar refractivity (Wildman–Crippen MR) is 85.0 cm³/mol. The van der Waals surface area contributed by atoms with Crippen molar-refractivity contribution in [3.8, 4) is 0 Å². The van der Waals surface area contributed by atoms with Crippen molar-refractivity contribution in [1.82, 2.24) is 4.90 Å². The summed E-state index contributed by atoms with van der Waals surface area (Å²) in [6, 6.07) is 9.35. The lowest BCUT2D eigenvalue weighted by atomic mass is 10.1. The van der Waals surface area contributed by atoms with E-state index in [0.29, 0.717) is 5.56 Å². The summed E-state index contributed by atoms with van der Waals surface area (Å²) in [5.41, 5.74) is 0.423. The SMILES string of the molecule is CC(c1cccc([N+](=O)[O-])c1)N(C)C(=O)c1ccc(Cl)cc1F. The number of non-ortho nitro benzene ring substituents is 1. The van der Waals surface area contributed by atoms with Gasteiger partial charge in [-0.05, 0) is 30.7 Å². The number of nitrogens with zero attached hydrogens (tertiary/aromatic N) is 2. The van der Waals surface area contributed by atoms with Gasteiger partial charge in [-0.25, -0.2) is 4.39 Å². The number of hydrogen-bond donors (Lipinski definition) is 0. The Kier molecular flexibility index (Phi) is 4.95. The molecule has 2 rings (SSSR count). The molecule has 0 aliphatic carbocycles. The fourth-order valence-corrected chi connectivity index (χ4v) is 2.31. The molecule has 5 nitrogen and oxygen atoms in total. The number of benzene rings is 2. The molecule has 7 heteroatoms. The Morgan fingerprint density at radius 1 is 1.30 bits per heavy atom. The van der Waals surface area contributed by atoms with Gasteiger partial charge in [-0.15, -0.1) is 0 Å². The topological polar surface area (TPSA) is 63.5 Å². The van der Waals surface area contributed by atoms with E-state index in [1.807, 2.05) is 0 Å². The third kappa shape index (κ3) is 3.65. The van der Waals surface area contributed by atoms with Gasteiger partial charge in [-0.3, -0.25) is 14.9 Å². The van der Waals surface area contributed by atoms with Crippen LogP contribution in [0.5, 0.6) is 0 Å². The number of nitro benzene ring substituents is 1. The maximum absolute atomic E-state index is 13.9. The van der Waals surface area contributed by atoms with Gasteiger partial charge in [-0.2, -0.15) is 0 Å². The van der Waals surface area contributed by atoms with E-state index in [1.54, 1.807) is 19.1 Å². The molecular formula is C16H14ClFN2O3. The molecule has 2 aromatic carbocycles. The highest BCUT2D eigenvalue weighted by atomic mass is 35.5. The molecule has 0 saturated carbocycles. The summed E-state index contributed by atoms with van der Waals surface area (Å²) in [6.07, 6.45) is 0. The van der Waals surface area contributed by atoms with E-state index < -0.39 is 22.7 Å². The molecule has 0 spiro atoms. The molecule has 1 amide bonds. The first-order valence-electron chi connectivity index (χ1n) is 6.78. The third-order valence-corrected chi connectivity index (χ3v) is 3.86. The smallest absolute Gasteiger partial charge is 0.269 e. The number of nitro groups is 1. The first-order chi connectivity index (χ1) is 10.8. The fourth-order valence-electron chi connectivity index (χ4n) is 2.15. The molecule has 0 heterocycles. The van der Waals surface area contributed by atoms with Crippen molar-refractivity contribution in [3.05, 3.63) is 74.5 Å². The van der Waals surface area contributed by atoms with Gasteiger partial charge >= 0.3 is 0 Å². The van der Waals surface area contributed by atoms with Crippen LogP contribution in [-0.4, -0.2) is 22.8 Å².